The fourth-order valence-electron chi connectivity index (χ4n) is 2.30. The smallest absolute Gasteiger partial charge is 0.266 e. The standard InChI is InChI=1S/C20H19BrN2O4/c1-3-26-17-8-6-5-7-16(17)23-20(25)14(12-22)9-13-10-15(21)19(24)18(11-13)27-4-2/h5-11,24H,3-4H2,1-2H3,(H,23,25)/b14-9-. The molecule has 0 saturated carbocycles. The van der Waals surface area contributed by atoms with Gasteiger partial charge in [-0.05, 0) is 65.7 Å². The summed E-state index contributed by atoms with van der Waals surface area (Å²) in [6.45, 7) is 4.46. The van der Waals surface area contributed by atoms with Crippen LogP contribution in [0, 0.1) is 11.3 Å². The highest BCUT2D eigenvalue weighted by atomic mass is 79.9. The second kappa shape index (κ2) is 9.64. The molecule has 1 amide bonds. The third-order valence-corrected chi connectivity index (χ3v) is 4.07. The molecule has 140 valence electrons. The van der Waals surface area contributed by atoms with E-state index in [1.54, 1.807) is 43.3 Å². The summed E-state index contributed by atoms with van der Waals surface area (Å²) in [5.41, 5.74) is 0.918. The van der Waals surface area contributed by atoms with Crippen LogP contribution in [0.2, 0.25) is 0 Å². The van der Waals surface area contributed by atoms with Crippen LogP contribution in [0.4, 0.5) is 5.69 Å². The van der Waals surface area contributed by atoms with Gasteiger partial charge in [-0.15, -0.1) is 0 Å². The maximum absolute atomic E-state index is 12.5. The fraction of sp³-hybridized carbons (Fsp3) is 0.200. The van der Waals surface area contributed by atoms with Crippen molar-refractivity contribution in [3.63, 3.8) is 0 Å². The predicted molar refractivity (Wildman–Crippen MR) is 107 cm³/mol. The van der Waals surface area contributed by atoms with E-state index in [1.807, 2.05) is 13.0 Å². The van der Waals surface area contributed by atoms with Crippen LogP contribution < -0.4 is 14.8 Å². The van der Waals surface area contributed by atoms with Crippen molar-refractivity contribution in [1.29, 1.82) is 5.26 Å². The Hall–Kier alpha value is -2.98. The molecule has 0 atom stereocenters. The zero-order valence-electron chi connectivity index (χ0n) is 15.0. The van der Waals surface area contributed by atoms with Gasteiger partial charge in [0, 0.05) is 0 Å². The van der Waals surface area contributed by atoms with Gasteiger partial charge in [-0.25, -0.2) is 0 Å². The third kappa shape index (κ3) is 5.25. The van der Waals surface area contributed by atoms with Gasteiger partial charge in [0.25, 0.3) is 5.91 Å². The molecule has 0 unspecified atom stereocenters. The Morgan fingerprint density at radius 3 is 2.56 bits per heavy atom. The number of nitriles is 1. The predicted octanol–water partition coefficient (Wildman–Crippen LogP) is 4.50. The van der Waals surface area contributed by atoms with Gasteiger partial charge in [0.2, 0.25) is 0 Å². The second-order valence-electron chi connectivity index (χ2n) is 5.34. The summed E-state index contributed by atoms with van der Waals surface area (Å²) in [5, 5.41) is 22.1. The van der Waals surface area contributed by atoms with E-state index in [1.165, 1.54) is 6.08 Å². The van der Waals surface area contributed by atoms with Crippen molar-refractivity contribution in [3.05, 3.63) is 52.0 Å². The van der Waals surface area contributed by atoms with Crippen molar-refractivity contribution < 1.29 is 19.4 Å². The number of halogens is 1. The van der Waals surface area contributed by atoms with E-state index in [0.717, 1.165) is 0 Å². The molecule has 0 saturated heterocycles. The number of nitrogens with one attached hydrogen (secondary N) is 1. The molecule has 0 aliphatic heterocycles. The SMILES string of the molecule is CCOc1ccccc1NC(=O)/C(C#N)=C\c1cc(Br)c(O)c(OCC)c1. The first-order valence-electron chi connectivity index (χ1n) is 8.30. The number of aromatic hydroxyl groups is 1. The Labute approximate surface area is 166 Å². The Balaban J connectivity index is 2.31. The second-order valence-corrected chi connectivity index (χ2v) is 6.19. The Morgan fingerprint density at radius 2 is 1.89 bits per heavy atom. The number of amides is 1. The number of hydrogen-bond acceptors (Lipinski definition) is 5. The van der Waals surface area contributed by atoms with Crippen LogP contribution in [0.3, 0.4) is 0 Å². The van der Waals surface area contributed by atoms with Crippen LogP contribution in [-0.4, -0.2) is 24.2 Å². The van der Waals surface area contributed by atoms with E-state index in [0.29, 0.717) is 34.7 Å². The van der Waals surface area contributed by atoms with E-state index in [-0.39, 0.29) is 17.1 Å². The molecule has 27 heavy (non-hydrogen) atoms. The molecular formula is C20H19BrN2O4. The minimum atomic E-state index is -0.563. The lowest BCUT2D eigenvalue weighted by molar-refractivity contribution is -0.112. The minimum Gasteiger partial charge on any atom is -0.503 e. The number of phenols is 1. The number of para-hydroxylation sites is 2. The summed E-state index contributed by atoms with van der Waals surface area (Å²) >= 11 is 3.24. The van der Waals surface area contributed by atoms with Gasteiger partial charge in [-0.3, -0.25) is 4.79 Å². The average Bonchev–Trinajstić information content (AvgIpc) is 2.65. The molecule has 2 aromatic rings. The quantitative estimate of drug-likeness (QED) is 0.498. The number of hydrogen-bond donors (Lipinski definition) is 2. The number of anilines is 1. The molecular weight excluding hydrogens is 412 g/mol. The lowest BCUT2D eigenvalue weighted by atomic mass is 10.1. The summed E-state index contributed by atoms with van der Waals surface area (Å²) in [4.78, 5) is 12.5. The van der Waals surface area contributed by atoms with E-state index >= 15 is 0 Å². The average molecular weight is 431 g/mol. The van der Waals surface area contributed by atoms with Crippen molar-refractivity contribution in [3.8, 4) is 23.3 Å². The van der Waals surface area contributed by atoms with Gasteiger partial charge in [-0.2, -0.15) is 5.26 Å². The molecule has 0 aliphatic carbocycles. The van der Waals surface area contributed by atoms with Crippen molar-refractivity contribution in [2.45, 2.75) is 13.8 Å². The number of rotatable bonds is 7. The first-order valence-corrected chi connectivity index (χ1v) is 9.09. The van der Waals surface area contributed by atoms with Crippen molar-refractivity contribution >= 4 is 33.6 Å². The van der Waals surface area contributed by atoms with E-state index < -0.39 is 5.91 Å². The highest BCUT2D eigenvalue weighted by Gasteiger charge is 2.14. The van der Waals surface area contributed by atoms with Crippen LogP contribution >= 0.6 is 15.9 Å². The topological polar surface area (TPSA) is 91.6 Å². The first-order chi connectivity index (χ1) is 13.0. The molecule has 0 bridgehead atoms. The lowest BCUT2D eigenvalue weighted by Gasteiger charge is -2.11. The number of benzene rings is 2. The van der Waals surface area contributed by atoms with E-state index in [9.17, 15) is 15.2 Å². The third-order valence-electron chi connectivity index (χ3n) is 3.46. The van der Waals surface area contributed by atoms with Crippen LogP contribution in [-0.2, 0) is 4.79 Å². The molecule has 0 aliphatic rings. The molecule has 6 nitrogen and oxygen atoms in total. The molecule has 7 heteroatoms. The Kier molecular flexibility index (Phi) is 7.26. The lowest BCUT2D eigenvalue weighted by Crippen LogP contribution is -2.14. The number of carbonyl (C=O) groups is 1. The largest absolute Gasteiger partial charge is 0.503 e. The number of nitrogens with zero attached hydrogens (tertiary/aromatic N) is 1. The Bertz CT molecular complexity index is 903. The molecule has 0 aromatic heterocycles. The molecule has 0 heterocycles. The zero-order chi connectivity index (χ0) is 19.8. The summed E-state index contributed by atoms with van der Waals surface area (Å²) in [6.07, 6.45) is 1.42. The fourth-order valence-corrected chi connectivity index (χ4v) is 2.76. The maximum Gasteiger partial charge on any atom is 0.266 e. The summed E-state index contributed by atoms with van der Waals surface area (Å²) in [7, 11) is 0. The van der Waals surface area contributed by atoms with Crippen molar-refractivity contribution in [2.75, 3.05) is 18.5 Å². The van der Waals surface area contributed by atoms with E-state index in [4.69, 9.17) is 9.47 Å². The molecule has 0 radical (unpaired) electrons. The van der Waals surface area contributed by atoms with Crippen LogP contribution in [0.1, 0.15) is 19.4 Å². The van der Waals surface area contributed by atoms with Gasteiger partial charge in [-0.1, -0.05) is 12.1 Å². The molecule has 0 spiro atoms. The molecule has 2 aromatic carbocycles. The molecule has 2 rings (SSSR count). The van der Waals surface area contributed by atoms with E-state index in [2.05, 4.69) is 21.2 Å². The highest BCUT2D eigenvalue weighted by molar-refractivity contribution is 9.10. The zero-order valence-corrected chi connectivity index (χ0v) is 16.5. The molecule has 2 N–H and O–H groups in total. The van der Waals surface area contributed by atoms with Crippen LogP contribution in [0.15, 0.2) is 46.4 Å². The van der Waals surface area contributed by atoms with Gasteiger partial charge < -0.3 is 19.9 Å². The van der Waals surface area contributed by atoms with Gasteiger partial charge in [0.05, 0.1) is 23.4 Å². The first kappa shape index (κ1) is 20.3. The van der Waals surface area contributed by atoms with Gasteiger partial charge >= 0.3 is 0 Å². The number of carbonyl (C=O) groups excluding carboxylic acids is 1. The van der Waals surface area contributed by atoms with Gasteiger partial charge in [0.1, 0.15) is 17.4 Å². The number of phenolic OH excluding ortho intramolecular Hbond substituents is 1. The maximum atomic E-state index is 12.5. The van der Waals surface area contributed by atoms with Gasteiger partial charge in [0.15, 0.2) is 11.5 Å². The Morgan fingerprint density at radius 1 is 1.22 bits per heavy atom. The molecule has 0 fully saturated rings. The van der Waals surface area contributed by atoms with Crippen molar-refractivity contribution in [2.24, 2.45) is 0 Å². The minimum absolute atomic E-state index is 0.0393. The normalized spacial score (nSPS) is 10.8. The summed E-state index contributed by atoms with van der Waals surface area (Å²) in [6, 6.07) is 12.0. The highest BCUT2D eigenvalue weighted by Crippen LogP contribution is 2.36. The summed E-state index contributed by atoms with van der Waals surface area (Å²) < 4.78 is 11.2. The summed E-state index contributed by atoms with van der Waals surface area (Å²) in [5.74, 6) is 0.184. The monoisotopic (exact) mass is 430 g/mol. The van der Waals surface area contributed by atoms with Crippen LogP contribution in [0.5, 0.6) is 17.2 Å². The number of ether oxygens (including phenoxy) is 2. The van der Waals surface area contributed by atoms with Crippen LogP contribution in [0.25, 0.3) is 6.08 Å². The van der Waals surface area contributed by atoms with Crippen molar-refractivity contribution in [1.82, 2.24) is 0 Å².